The van der Waals surface area contributed by atoms with Crippen LogP contribution in [0.4, 0.5) is 0 Å². The molecule has 0 spiro atoms. The molecule has 0 saturated carbocycles. The highest BCUT2D eigenvalue weighted by Gasteiger charge is 2.21. The standard InChI is InChI=1S/C17H26N2O.ClH/c1-14(18)9-10-17(20)19-12-5-8-16(11-13-19)15-6-3-2-4-7-15;/h2-4,6-7,14,16H,5,8-13,18H2,1H3;1H. The molecule has 0 aliphatic carbocycles. The zero-order valence-electron chi connectivity index (χ0n) is 12.8. The number of nitrogens with two attached hydrogens (primary N) is 1. The van der Waals surface area contributed by atoms with Gasteiger partial charge in [-0.15, -0.1) is 12.4 Å². The molecule has 1 aromatic carbocycles. The molecule has 2 N–H and O–H groups in total. The van der Waals surface area contributed by atoms with E-state index < -0.39 is 0 Å². The molecular formula is C17H27ClN2O. The van der Waals surface area contributed by atoms with Crippen molar-refractivity contribution in [1.29, 1.82) is 0 Å². The number of carbonyl (C=O) groups is 1. The number of carbonyl (C=O) groups excluding carboxylic acids is 1. The van der Waals surface area contributed by atoms with Crippen LogP contribution in [-0.2, 0) is 4.79 Å². The normalized spacial score (nSPS) is 20.3. The molecule has 1 saturated heterocycles. The van der Waals surface area contributed by atoms with E-state index in [1.54, 1.807) is 0 Å². The molecule has 1 aliphatic rings. The number of benzene rings is 1. The number of nitrogens with zero attached hydrogens (tertiary/aromatic N) is 1. The van der Waals surface area contributed by atoms with Crippen LogP contribution in [0.3, 0.4) is 0 Å². The summed E-state index contributed by atoms with van der Waals surface area (Å²) in [6, 6.07) is 10.8. The lowest BCUT2D eigenvalue weighted by Crippen LogP contribution is -2.32. The monoisotopic (exact) mass is 310 g/mol. The third kappa shape index (κ3) is 5.68. The summed E-state index contributed by atoms with van der Waals surface area (Å²) in [5.41, 5.74) is 7.14. The minimum absolute atomic E-state index is 0. The van der Waals surface area contributed by atoms with Gasteiger partial charge in [0.2, 0.25) is 5.91 Å². The topological polar surface area (TPSA) is 46.3 Å². The van der Waals surface area contributed by atoms with Gasteiger partial charge in [0.15, 0.2) is 0 Å². The summed E-state index contributed by atoms with van der Waals surface area (Å²) >= 11 is 0. The van der Waals surface area contributed by atoms with E-state index in [0.29, 0.717) is 12.3 Å². The lowest BCUT2D eigenvalue weighted by molar-refractivity contribution is -0.131. The highest BCUT2D eigenvalue weighted by atomic mass is 35.5. The van der Waals surface area contributed by atoms with E-state index in [2.05, 4.69) is 30.3 Å². The van der Waals surface area contributed by atoms with Crippen LogP contribution in [0.2, 0.25) is 0 Å². The summed E-state index contributed by atoms with van der Waals surface area (Å²) in [4.78, 5) is 14.2. The molecule has 0 radical (unpaired) electrons. The summed E-state index contributed by atoms with van der Waals surface area (Å²) < 4.78 is 0. The molecule has 0 bridgehead atoms. The fourth-order valence-electron chi connectivity index (χ4n) is 2.91. The lowest BCUT2D eigenvalue weighted by Gasteiger charge is -2.21. The van der Waals surface area contributed by atoms with Crippen molar-refractivity contribution >= 4 is 18.3 Å². The Labute approximate surface area is 134 Å². The molecule has 1 heterocycles. The van der Waals surface area contributed by atoms with E-state index in [1.165, 1.54) is 12.0 Å². The first-order chi connectivity index (χ1) is 9.66. The van der Waals surface area contributed by atoms with Crippen molar-refractivity contribution in [3.05, 3.63) is 35.9 Å². The van der Waals surface area contributed by atoms with Gasteiger partial charge >= 0.3 is 0 Å². The fourth-order valence-corrected chi connectivity index (χ4v) is 2.91. The number of halogens is 1. The zero-order chi connectivity index (χ0) is 14.4. The summed E-state index contributed by atoms with van der Waals surface area (Å²) in [6.07, 6.45) is 4.74. The molecule has 2 rings (SSSR count). The number of likely N-dealkylation sites (tertiary alicyclic amines) is 1. The predicted octanol–water partition coefficient (Wildman–Crippen LogP) is 3.33. The van der Waals surface area contributed by atoms with Gasteiger partial charge in [0, 0.05) is 25.6 Å². The Morgan fingerprint density at radius 3 is 2.67 bits per heavy atom. The van der Waals surface area contributed by atoms with Crippen LogP contribution >= 0.6 is 12.4 Å². The molecule has 4 heteroatoms. The zero-order valence-corrected chi connectivity index (χ0v) is 13.6. The van der Waals surface area contributed by atoms with E-state index in [9.17, 15) is 4.79 Å². The van der Waals surface area contributed by atoms with Crippen molar-refractivity contribution < 1.29 is 4.79 Å². The second-order valence-electron chi connectivity index (χ2n) is 5.94. The minimum Gasteiger partial charge on any atom is -0.343 e. The van der Waals surface area contributed by atoms with Crippen LogP contribution in [-0.4, -0.2) is 29.9 Å². The Hall–Kier alpha value is -1.06. The molecule has 1 aliphatic heterocycles. The molecule has 1 fully saturated rings. The molecule has 118 valence electrons. The van der Waals surface area contributed by atoms with Crippen LogP contribution in [0, 0.1) is 0 Å². The van der Waals surface area contributed by atoms with Gasteiger partial charge in [-0.2, -0.15) is 0 Å². The van der Waals surface area contributed by atoms with Crippen LogP contribution in [0.15, 0.2) is 30.3 Å². The number of rotatable bonds is 4. The van der Waals surface area contributed by atoms with Gasteiger partial charge in [-0.05, 0) is 44.1 Å². The maximum atomic E-state index is 12.2. The lowest BCUT2D eigenvalue weighted by atomic mass is 9.92. The van der Waals surface area contributed by atoms with Crippen molar-refractivity contribution in [2.24, 2.45) is 5.73 Å². The van der Waals surface area contributed by atoms with E-state index in [1.807, 2.05) is 11.8 Å². The van der Waals surface area contributed by atoms with Crippen LogP contribution < -0.4 is 5.73 Å². The van der Waals surface area contributed by atoms with Crippen LogP contribution in [0.5, 0.6) is 0 Å². The van der Waals surface area contributed by atoms with Gasteiger partial charge in [-0.3, -0.25) is 4.79 Å². The van der Waals surface area contributed by atoms with E-state index >= 15 is 0 Å². The molecule has 1 amide bonds. The van der Waals surface area contributed by atoms with Crippen LogP contribution in [0.1, 0.15) is 50.5 Å². The summed E-state index contributed by atoms with van der Waals surface area (Å²) in [6.45, 7) is 3.75. The first-order valence-electron chi connectivity index (χ1n) is 7.75. The van der Waals surface area contributed by atoms with E-state index in [-0.39, 0.29) is 24.4 Å². The smallest absolute Gasteiger partial charge is 0.222 e. The average molecular weight is 311 g/mol. The molecule has 0 aromatic heterocycles. The highest BCUT2D eigenvalue weighted by molar-refractivity contribution is 5.85. The van der Waals surface area contributed by atoms with Crippen LogP contribution in [0.25, 0.3) is 0 Å². The quantitative estimate of drug-likeness (QED) is 0.927. The van der Waals surface area contributed by atoms with Gasteiger partial charge in [0.25, 0.3) is 0 Å². The summed E-state index contributed by atoms with van der Waals surface area (Å²) in [5, 5.41) is 0. The van der Waals surface area contributed by atoms with E-state index in [4.69, 9.17) is 5.73 Å². The van der Waals surface area contributed by atoms with Crippen molar-refractivity contribution in [2.75, 3.05) is 13.1 Å². The average Bonchev–Trinajstić information content (AvgIpc) is 2.71. The SMILES string of the molecule is CC(N)CCC(=O)N1CCCC(c2ccccc2)CC1.Cl. The number of hydrogen-bond acceptors (Lipinski definition) is 2. The third-order valence-corrected chi connectivity index (χ3v) is 4.17. The Bertz CT molecular complexity index is 422. The Morgan fingerprint density at radius 1 is 1.29 bits per heavy atom. The maximum absolute atomic E-state index is 12.2. The van der Waals surface area contributed by atoms with Gasteiger partial charge in [0.05, 0.1) is 0 Å². The maximum Gasteiger partial charge on any atom is 0.222 e. The molecule has 2 atom stereocenters. The van der Waals surface area contributed by atoms with E-state index in [0.717, 1.165) is 32.4 Å². The van der Waals surface area contributed by atoms with Gasteiger partial charge in [-0.1, -0.05) is 30.3 Å². The summed E-state index contributed by atoms with van der Waals surface area (Å²) in [7, 11) is 0. The van der Waals surface area contributed by atoms with Gasteiger partial charge < -0.3 is 10.6 Å². The van der Waals surface area contributed by atoms with Crippen molar-refractivity contribution in [1.82, 2.24) is 4.90 Å². The molecule has 2 unspecified atom stereocenters. The second-order valence-corrected chi connectivity index (χ2v) is 5.94. The summed E-state index contributed by atoms with van der Waals surface area (Å²) in [5.74, 6) is 0.874. The number of hydrogen-bond donors (Lipinski definition) is 1. The highest BCUT2D eigenvalue weighted by Crippen LogP contribution is 2.28. The Kier molecular flexibility index (Phi) is 7.76. The third-order valence-electron chi connectivity index (χ3n) is 4.17. The van der Waals surface area contributed by atoms with Crippen molar-refractivity contribution in [3.63, 3.8) is 0 Å². The molecule has 1 aromatic rings. The van der Waals surface area contributed by atoms with Crippen molar-refractivity contribution in [2.45, 2.75) is 51.0 Å². The largest absolute Gasteiger partial charge is 0.343 e. The molecule has 21 heavy (non-hydrogen) atoms. The molecule has 3 nitrogen and oxygen atoms in total. The Balaban J connectivity index is 0.00000220. The van der Waals surface area contributed by atoms with Gasteiger partial charge in [0.1, 0.15) is 0 Å². The second kappa shape index (κ2) is 9.06. The van der Waals surface area contributed by atoms with Crippen molar-refractivity contribution in [3.8, 4) is 0 Å². The minimum atomic E-state index is 0. The molecular weight excluding hydrogens is 284 g/mol. The first kappa shape index (κ1) is 18.0. The number of amides is 1. The van der Waals surface area contributed by atoms with Gasteiger partial charge in [-0.25, -0.2) is 0 Å². The fraction of sp³-hybridized carbons (Fsp3) is 0.588. The Morgan fingerprint density at radius 2 is 2.00 bits per heavy atom. The predicted molar refractivity (Wildman–Crippen MR) is 89.7 cm³/mol. The first-order valence-corrected chi connectivity index (χ1v) is 7.75.